The van der Waals surface area contributed by atoms with E-state index in [4.69, 9.17) is 9.47 Å². The number of aryl methyl sites for hydroxylation is 1. The highest BCUT2D eigenvalue weighted by molar-refractivity contribution is 7.17. The first kappa shape index (κ1) is 20.9. The van der Waals surface area contributed by atoms with Gasteiger partial charge < -0.3 is 20.1 Å². The van der Waals surface area contributed by atoms with E-state index in [0.717, 1.165) is 37.0 Å². The molecule has 0 radical (unpaired) electrons. The zero-order valence-corrected chi connectivity index (χ0v) is 18.3. The molecule has 1 aromatic heterocycles. The van der Waals surface area contributed by atoms with E-state index in [1.165, 1.54) is 16.2 Å². The van der Waals surface area contributed by atoms with Crippen molar-refractivity contribution in [2.24, 2.45) is 0 Å². The van der Waals surface area contributed by atoms with Crippen molar-refractivity contribution < 1.29 is 19.1 Å². The van der Waals surface area contributed by atoms with E-state index in [0.29, 0.717) is 27.6 Å². The van der Waals surface area contributed by atoms with E-state index < -0.39 is 0 Å². The van der Waals surface area contributed by atoms with Crippen LogP contribution in [0, 0.1) is 0 Å². The molecule has 3 aromatic rings. The normalized spacial score (nSPS) is 12.6. The van der Waals surface area contributed by atoms with Crippen LogP contribution < -0.4 is 20.1 Å². The second-order valence-corrected chi connectivity index (χ2v) is 8.39. The summed E-state index contributed by atoms with van der Waals surface area (Å²) < 4.78 is 10.4. The van der Waals surface area contributed by atoms with Crippen LogP contribution in [0.1, 0.15) is 44.0 Å². The summed E-state index contributed by atoms with van der Waals surface area (Å²) in [5, 5.41) is 6.51. The zero-order valence-electron chi connectivity index (χ0n) is 17.5. The van der Waals surface area contributed by atoms with Gasteiger partial charge in [0, 0.05) is 16.1 Å². The van der Waals surface area contributed by atoms with Gasteiger partial charge in [-0.1, -0.05) is 6.07 Å². The van der Waals surface area contributed by atoms with Gasteiger partial charge in [0.05, 0.1) is 19.8 Å². The minimum Gasteiger partial charge on any atom is -0.497 e. The number of carbonyl (C=O) groups excluding carboxylic acids is 2. The number of hydrogen-bond acceptors (Lipinski definition) is 5. The maximum absolute atomic E-state index is 13.2. The summed E-state index contributed by atoms with van der Waals surface area (Å²) >= 11 is 1.50. The first-order valence-corrected chi connectivity index (χ1v) is 11.0. The molecule has 4 rings (SSSR count). The summed E-state index contributed by atoms with van der Waals surface area (Å²) in [4.78, 5) is 27.3. The first-order valence-electron chi connectivity index (χ1n) is 10.1. The van der Waals surface area contributed by atoms with E-state index in [1.54, 1.807) is 62.8 Å². The molecule has 7 heteroatoms. The molecule has 0 bridgehead atoms. The van der Waals surface area contributed by atoms with E-state index in [1.807, 2.05) is 0 Å². The van der Waals surface area contributed by atoms with Crippen molar-refractivity contribution in [2.75, 3.05) is 24.9 Å². The first-order chi connectivity index (χ1) is 15.1. The van der Waals surface area contributed by atoms with Crippen LogP contribution in [0.25, 0.3) is 0 Å². The minimum absolute atomic E-state index is 0.217. The summed E-state index contributed by atoms with van der Waals surface area (Å²) in [5.74, 6) is 0.842. The van der Waals surface area contributed by atoms with Crippen LogP contribution in [0.3, 0.4) is 0 Å². The number of fused-ring (bicyclic) bond motifs is 1. The van der Waals surface area contributed by atoms with Crippen molar-refractivity contribution in [1.29, 1.82) is 0 Å². The SMILES string of the molecule is COc1ccc(NC(=O)c2c(NC(=O)c3cccc(OC)c3)sc3c2CCCC3)cc1. The van der Waals surface area contributed by atoms with Gasteiger partial charge in [0.15, 0.2) is 0 Å². The van der Waals surface area contributed by atoms with Gasteiger partial charge in [-0.2, -0.15) is 0 Å². The number of thiophene rings is 1. The van der Waals surface area contributed by atoms with Crippen LogP contribution in [0.15, 0.2) is 48.5 Å². The fourth-order valence-electron chi connectivity index (χ4n) is 3.70. The quantitative estimate of drug-likeness (QED) is 0.560. The lowest BCUT2D eigenvalue weighted by Crippen LogP contribution is -2.18. The number of benzene rings is 2. The van der Waals surface area contributed by atoms with Gasteiger partial charge in [-0.3, -0.25) is 9.59 Å². The third-order valence-corrected chi connectivity index (χ3v) is 6.51. The fraction of sp³-hybridized carbons (Fsp3) is 0.250. The standard InChI is InChI=1S/C24H24N2O4S/c1-29-17-12-10-16(11-13-17)25-23(28)21-19-8-3-4-9-20(19)31-24(21)26-22(27)15-6-5-7-18(14-15)30-2/h5-7,10-14H,3-4,8-9H2,1-2H3,(H,25,28)(H,26,27). The van der Waals surface area contributed by atoms with Gasteiger partial charge in [-0.25, -0.2) is 0 Å². The molecule has 0 saturated carbocycles. The molecule has 6 nitrogen and oxygen atoms in total. The molecule has 0 unspecified atom stereocenters. The van der Waals surface area contributed by atoms with Crippen molar-refractivity contribution >= 4 is 33.8 Å². The van der Waals surface area contributed by atoms with Gasteiger partial charge in [-0.15, -0.1) is 11.3 Å². The van der Waals surface area contributed by atoms with Gasteiger partial charge in [0.2, 0.25) is 0 Å². The number of amides is 2. The maximum Gasteiger partial charge on any atom is 0.258 e. The number of carbonyl (C=O) groups is 2. The second kappa shape index (κ2) is 9.22. The predicted octanol–water partition coefficient (Wildman–Crippen LogP) is 5.15. The minimum atomic E-state index is -0.268. The number of anilines is 2. The third-order valence-electron chi connectivity index (χ3n) is 5.31. The number of methoxy groups -OCH3 is 2. The Morgan fingerprint density at radius 1 is 0.871 bits per heavy atom. The Labute approximate surface area is 185 Å². The molecule has 2 amide bonds. The van der Waals surface area contributed by atoms with Crippen molar-refractivity contribution in [3.05, 3.63) is 70.1 Å². The average Bonchev–Trinajstić information content (AvgIpc) is 3.17. The van der Waals surface area contributed by atoms with Gasteiger partial charge in [0.1, 0.15) is 16.5 Å². The Morgan fingerprint density at radius 2 is 1.61 bits per heavy atom. The van der Waals surface area contributed by atoms with Crippen molar-refractivity contribution in [2.45, 2.75) is 25.7 Å². The average molecular weight is 437 g/mol. The van der Waals surface area contributed by atoms with Crippen LogP contribution in [0.5, 0.6) is 11.5 Å². The summed E-state index contributed by atoms with van der Waals surface area (Å²) in [6.45, 7) is 0. The van der Waals surface area contributed by atoms with E-state index in [2.05, 4.69) is 10.6 Å². The van der Waals surface area contributed by atoms with E-state index in [9.17, 15) is 9.59 Å². The summed E-state index contributed by atoms with van der Waals surface area (Å²) in [6.07, 6.45) is 3.90. The van der Waals surface area contributed by atoms with E-state index in [-0.39, 0.29) is 11.8 Å². The Morgan fingerprint density at radius 3 is 2.35 bits per heavy atom. The van der Waals surface area contributed by atoms with Crippen LogP contribution in [0.4, 0.5) is 10.7 Å². The Balaban J connectivity index is 1.62. The van der Waals surface area contributed by atoms with Gasteiger partial charge in [0.25, 0.3) is 11.8 Å². The van der Waals surface area contributed by atoms with Crippen LogP contribution in [0.2, 0.25) is 0 Å². The number of ether oxygens (including phenoxy) is 2. The molecule has 1 aliphatic carbocycles. The summed E-state index contributed by atoms with van der Waals surface area (Å²) in [5.41, 5.74) is 2.76. The zero-order chi connectivity index (χ0) is 21.8. The van der Waals surface area contributed by atoms with Crippen LogP contribution in [-0.2, 0) is 12.8 Å². The summed E-state index contributed by atoms with van der Waals surface area (Å²) in [6, 6.07) is 14.1. The highest BCUT2D eigenvalue weighted by atomic mass is 32.1. The molecule has 31 heavy (non-hydrogen) atoms. The van der Waals surface area contributed by atoms with Crippen LogP contribution >= 0.6 is 11.3 Å². The topological polar surface area (TPSA) is 76.7 Å². The lowest BCUT2D eigenvalue weighted by molar-refractivity contribution is 0.102. The molecule has 160 valence electrons. The van der Waals surface area contributed by atoms with Crippen LogP contribution in [-0.4, -0.2) is 26.0 Å². The molecule has 0 saturated heterocycles. The lowest BCUT2D eigenvalue weighted by Gasteiger charge is -2.13. The highest BCUT2D eigenvalue weighted by Crippen LogP contribution is 2.39. The largest absolute Gasteiger partial charge is 0.497 e. The van der Waals surface area contributed by atoms with Crippen molar-refractivity contribution in [1.82, 2.24) is 0 Å². The molecule has 0 aliphatic heterocycles. The smallest absolute Gasteiger partial charge is 0.258 e. The lowest BCUT2D eigenvalue weighted by atomic mass is 9.95. The molecule has 0 spiro atoms. The number of hydrogen-bond donors (Lipinski definition) is 2. The third kappa shape index (κ3) is 4.56. The van der Waals surface area contributed by atoms with Crippen molar-refractivity contribution in [3.63, 3.8) is 0 Å². The molecule has 2 aromatic carbocycles. The molecule has 1 aliphatic rings. The number of nitrogens with one attached hydrogen (secondary N) is 2. The van der Waals surface area contributed by atoms with Gasteiger partial charge in [-0.05, 0) is 73.7 Å². The predicted molar refractivity (Wildman–Crippen MR) is 123 cm³/mol. The Hall–Kier alpha value is -3.32. The maximum atomic E-state index is 13.2. The van der Waals surface area contributed by atoms with E-state index >= 15 is 0 Å². The fourth-order valence-corrected chi connectivity index (χ4v) is 4.98. The molecule has 0 atom stereocenters. The highest BCUT2D eigenvalue weighted by Gasteiger charge is 2.26. The molecule has 2 N–H and O–H groups in total. The Bertz CT molecular complexity index is 1110. The Kier molecular flexibility index (Phi) is 6.23. The molecular formula is C24H24N2O4S. The molecule has 0 fully saturated rings. The molecular weight excluding hydrogens is 412 g/mol. The summed E-state index contributed by atoms with van der Waals surface area (Å²) in [7, 11) is 3.16. The molecule has 1 heterocycles. The number of rotatable bonds is 6. The van der Waals surface area contributed by atoms with Gasteiger partial charge >= 0.3 is 0 Å². The van der Waals surface area contributed by atoms with Crippen molar-refractivity contribution in [3.8, 4) is 11.5 Å². The second-order valence-electron chi connectivity index (χ2n) is 7.28. The monoisotopic (exact) mass is 436 g/mol.